The minimum absolute atomic E-state index is 0.0959. The molecule has 0 aliphatic carbocycles. The van der Waals surface area contributed by atoms with Crippen LogP contribution in [0.3, 0.4) is 0 Å². The first-order valence-corrected chi connectivity index (χ1v) is 5.75. The summed E-state index contributed by atoms with van der Waals surface area (Å²) in [5.74, 6) is -4.45. The second-order valence-corrected chi connectivity index (χ2v) is 4.21. The Morgan fingerprint density at radius 2 is 1.95 bits per heavy atom. The molecule has 9 heteroatoms. The van der Waals surface area contributed by atoms with Gasteiger partial charge < -0.3 is 21.5 Å². The number of carboxylic acid groups (broad SMARTS) is 1. The van der Waals surface area contributed by atoms with Crippen LogP contribution in [0.1, 0.15) is 12.0 Å². The maximum atomic E-state index is 13.7. The van der Waals surface area contributed by atoms with Gasteiger partial charge in [0.05, 0.1) is 6.42 Å². The van der Waals surface area contributed by atoms with E-state index in [0.717, 1.165) is 6.07 Å². The van der Waals surface area contributed by atoms with Crippen molar-refractivity contribution < 1.29 is 28.3 Å². The number of aliphatic carboxylic acids is 1. The van der Waals surface area contributed by atoms with Gasteiger partial charge in [-0.3, -0.25) is 4.79 Å². The van der Waals surface area contributed by atoms with Crippen LogP contribution in [0.5, 0.6) is 0 Å². The van der Waals surface area contributed by atoms with Gasteiger partial charge in [0.15, 0.2) is 5.82 Å². The highest BCUT2D eigenvalue weighted by atomic mass is 19.1. The number of carboxylic acids is 1. The van der Waals surface area contributed by atoms with Crippen molar-refractivity contribution in [1.29, 1.82) is 0 Å². The standard InChI is InChI=1S/C12H13F2N3O4/c1-5-2-3-6(13)10(9(5)14)17-12(21)16-7(11(19)20)4-8(15)18/h2-3,7H,4H2,1H3,(H2,15,18)(H,19,20)(H2,16,17,21). The number of rotatable bonds is 5. The first kappa shape index (κ1) is 16.3. The van der Waals surface area contributed by atoms with E-state index in [1.54, 1.807) is 0 Å². The van der Waals surface area contributed by atoms with E-state index < -0.39 is 47.7 Å². The molecule has 0 radical (unpaired) electrons. The number of hydrogen-bond donors (Lipinski definition) is 4. The molecular weight excluding hydrogens is 288 g/mol. The second kappa shape index (κ2) is 6.64. The smallest absolute Gasteiger partial charge is 0.326 e. The predicted octanol–water partition coefficient (Wildman–Crippen LogP) is 0.723. The first-order chi connectivity index (χ1) is 9.72. The maximum Gasteiger partial charge on any atom is 0.326 e. The van der Waals surface area contributed by atoms with Gasteiger partial charge in [-0.05, 0) is 18.6 Å². The molecule has 1 unspecified atom stereocenters. The monoisotopic (exact) mass is 301 g/mol. The third-order valence-electron chi connectivity index (χ3n) is 2.53. The lowest BCUT2D eigenvalue weighted by Crippen LogP contribution is -2.45. The summed E-state index contributed by atoms with van der Waals surface area (Å²) in [6.45, 7) is 1.37. The summed E-state index contributed by atoms with van der Waals surface area (Å²) in [7, 11) is 0. The van der Waals surface area contributed by atoms with E-state index >= 15 is 0 Å². The summed E-state index contributed by atoms with van der Waals surface area (Å²) in [6.07, 6.45) is -0.651. The van der Waals surface area contributed by atoms with E-state index in [2.05, 4.69) is 0 Å². The molecule has 1 atom stereocenters. The summed E-state index contributed by atoms with van der Waals surface area (Å²) in [5.41, 5.74) is 4.22. The van der Waals surface area contributed by atoms with Crippen molar-refractivity contribution in [3.8, 4) is 0 Å². The highest BCUT2D eigenvalue weighted by molar-refractivity contribution is 5.94. The van der Waals surface area contributed by atoms with Gasteiger partial charge in [0.25, 0.3) is 0 Å². The van der Waals surface area contributed by atoms with Gasteiger partial charge in [-0.1, -0.05) is 6.07 Å². The molecule has 5 N–H and O–H groups in total. The van der Waals surface area contributed by atoms with Crippen molar-refractivity contribution in [2.45, 2.75) is 19.4 Å². The lowest BCUT2D eigenvalue weighted by atomic mass is 10.2. The third-order valence-corrected chi connectivity index (χ3v) is 2.53. The van der Waals surface area contributed by atoms with Gasteiger partial charge in [0.2, 0.25) is 5.91 Å². The van der Waals surface area contributed by atoms with Crippen LogP contribution in [0.4, 0.5) is 19.3 Å². The zero-order valence-electron chi connectivity index (χ0n) is 10.9. The first-order valence-electron chi connectivity index (χ1n) is 5.75. The number of anilines is 1. The van der Waals surface area contributed by atoms with Crippen LogP contribution in [0, 0.1) is 18.6 Å². The molecule has 0 saturated heterocycles. The molecule has 0 bridgehead atoms. The fourth-order valence-corrected chi connectivity index (χ4v) is 1.48. The minimum atomic E-state index is -1.60. The number of nitrogens with one attached hydrogen (secondary N) is 2. The molecule has 0 spiro atoms. The topological polar surface area (TPSA) is 122 Å². The van der Waals surface area contributed by atoms with Gasteiger partial charge in [0.1, 0.15) is 17.5 Å². The van der Waals surface area contributed by atoms with Crippen LogP contribution in [0.15, 0.2) is 12.1 Å². The molecule has 0 saturated carbocycles. The minimum Gasteiger partial charge on any atom is -0.480 e. The summed E-state index contributed by atoms with van der Waals surface area (Å²) in [4.78, 5) is 33.0. The second-order valence-electron chi connectivity index (χ2n) is 4.21. The molecule has 0 aromatic heterocycles. The third kappa shape index (κ3) is 4.41. The number of amides is 3. The maximum absolute atomic E-state index is 13.7. The average molecular weight is 301 g/mol. The molecule has 7 nitrogen and oxygen atoms in total. The number of hydrogen-bond acceptors (Lipinski definition) is 3. The Kier molecular flexibility index (Phi) is 5.17. The van der Waals surface area contributed by atoms with E-state index in [0.29, 0.717) is 0 Å². The molecule has 21 heavy (non-hydrogen) atoms. The van der Waals surface area contributed by atoms with Crippen LogP contribution < -0.4 is 16.4 Å². The number of benzene rings is 1. The van der Waals surface area contributed by atoms with Crippen LogP contribution in [0.25, 0.3) is 0 Å². The number of urea groups is 1. The molecule has 3 amide bonds. The highest BCUT2D eigenvalue weighted by Crippen LogP contribution is 2.21. The van der Waals surface area contributed by atoms with E-state index in [1.807, 2.05) is 10.6 Å². The normalized spacial score (nSPS) is 11.6. The fourth-order valence-electron chi connectivity index (χ4n) is 1.48. The van der Waals surface area contributed by atoms with Crippen LogP contribution >= 0.6 is 0 Å². The molecule has 1 rings (SSSR count). The van der Waals surface area contributed by atoms with Crippen LogP contribution in [-0.4, -0.2) is 29.1 Å². The largest absolute Gasteiger partial charge is 0.480 e. The number of primary amides is 1. The van der Waals surface area contributed by atoms with Gasteiger partial charge in [0, 0.05) is 0 Å². The Bertz CT molecular complexity index is 592. The van der Waals surface area contributed by atoms with Crippen molar-refractivity contribution >= 4 is 23.6 Å². The zero-order valence-corrected chi connectivity index (χ0v) is 10.9. The summed E-state index contributed by atoms with van der Waals surface area (Å²) in [5, 5.41) is 12.5. The molecule has 0 fully saturated rings. The zero-order chi connectivity index (χ0) is 16.2. The lowest BCUT2D eigenvalue weighted by molar-refractivity contribution is -0.140. The molecule has 0 aliphatic rings. The summed E-state index contributed by atoms with van der Waals surface area (Å²) >= 11 is 0. The Morgan fingerprint density at radius 1 is 1.33 bits per heavy atom. The van der Waals surface area contributed by atoms with Crippen molar-refractivity contribution in [3.63, 3.8) is 0 Å². The van der Waals surface area contributed by atoms with E-state index in [-0.39, 0.29) is 5.56 Å². The predicted molar refractivity (Wildman–Crippen MR) is 68.5 cm³/mol. The molecule has 1 aromatic rings. The van der Waals surface area contributed by atoms with Crippen molar-refractivity contribution in [1.82, 2.24) is 5.32 Å². The Morgan fingerprint density at radius 3 is 2.48 bits per heavy atom. The fraction of sp³-hybridized carbons (Fsp3) is 0.250. The molecule has 1 aromatic carbocycles. The highest BCUT2D eigenvalue weighted by Gasteiger charge is 2.23. The van der Waals surface area contributed by atoms with Crippen LogP contribution in [0.2, 0.25) is 0 Å². The Labute approximate surface area is 118 Å². The van der Waals surface area contributed by atoms with Gasteiger partial charge >= 0.3 is 12.0 Å². The van der Waals surface area contributed by atoms with Crippen LogP contribution in [-0.2, 0) is 9.59 Å². The van der Waals surface area contributed by atoms with Gasteiger partial charge in [-0.25, -0.2) is 18.4 Å². The van der Waals surface area contributed by atoms with Gasteiger partial charge in [-0.2, -0.15) is 0 Å². The molecule has 0 heterocycles. The number of carbonyl (C=O) groups is 3. The quantitative estimate of drug-likeness (QED) is 0.640. The van der Waals surface area contributed by atoms with Crippen molar-refractivity contribution in [2.24, 2.45) is 5.73 Å². The van der Waals surface area contributed by atoms with E-state index in [4.69, 9.17) is 10.8 Å². The van der Waals surface area contributed by atoms with E-state index in [9.17, 15) is 23.2 Å². The number of aryl methyl sites for hydroxylation is 1. The molecule has 0 aliphatic heterocycles. The molecular formula is C12H13F2N3O4. The Balaban J connectivity index is 2.84. The number of carbonyl (C=O) groups excluding carboxylic acids is 2. The van der Waals surface area contributed by atoms with Gasteiger partial charge in [-0.15, -0.1) is 0 Å². The lowest BCUT2D eigenvalue weighted by Gasteiger charge is -2.14. The van der Waals surface area contributed by atoms with Crippen molar-refractivity contribution in [3.05, 3.63) is 29.3 Å². The van der Waals surface area contributed by atoms with Crippen molar-refractivity contribution in [2.75, 3.05) is 5.32 Å². The number of halogens is 2. The average Bonchev–Trinajstić information content (AvgIpc) is 2.38. The SMILES string of the molecule is Cc1ccc(F)c(NC(=O)NC(CC(N)=O)C(=O)O)c1F. The summed E-state index contributed by atoms with van der Waals surface area (Å²) in [6, 6.07) is -0.641. The Hall–Kier alpha value is -2.71. The number of nitrogens with two attached hydrogens (primary N) is 1. The van der Waals surface area contributed by atoms with E-state index in [1.165, 1.54) is 13.0 Å². The molecule has 114 valence electrons. The summed E-state index contributed by atoms with van der Waals surface area (Å²) < 4.78 is 27.1.